The standard InChI is InChI=1S/C6H3ClN2O4.C2H6/c7-5-2-1-4(8(10)11)3-6(5)9(12)13;1-2/h1-3H;1-2H3. The second kappa shape index (κ2) is 5.92. The van der Waals surface area contributed by atoms with Crippen molar-refractivity contribution in [3.8, 4) is 0 Å². The molecule has 82 valence electrons. The minimum Gasteiger partial charge on any atom is -0.258 e. The molecule has 0 spiro atoms. The second-order valence-electron chi connectivity index (χ2n) is 2.15. The van der Waals surface area contributed by atoms with Gasteiger partial charge in [-0.05, 0) is 6.07 Å². The first-order valence-electron chi connectivity index (χ1n) is 4.10. The lowest BCUT2D eigenvalue weighted by Crippen LogP contribution is -1.92. The maximum Gasteiger partial charge on any atom is 0.294 e. The van der Waals surface area contributed by atoms with Crippen molar-refractivity contribution < 1.29 is 9.85 Å². The molecule has 0 unspecified atom stereocenters. The van der Waals surface area contributed by atoms with E-state index in [4.69, 9.17) is 11.6 Å². The predicted molar refractivity (Wildman–Crippen MR) is 56.1 cm³/mol. The Bertz CT molecular complexity index is 381. The molecule has 0 amide bonds. The van der Waals surface area contributed by atoms with Gasteiger partial charge in [-0.3, -0.25) is 20.2 Å². The van der Waals surface area contributed by atoms with Gasteiger partial charge >= 0.3 is 0 Å². The average Bonchev–Trinajstić information content (AvgIpc) is 2.20. The number of nitro groups is 2. The van der Waals surface area contributed by atoms with Gasteiger partial charge in [-0.1, -0.05) is 25.4 Å². The molecule has 0 atom stereocenters. The Morgan fingerprint density at radius 3 is 2.07 bits per heavy atom. The smallest absolute Gasteiger partial charge is 0.258 e. The maximum absolute atomic E-state index is 10.3. The molecule has 0 aromatic heterocycles. The second-order valence-corrected chi connectivity index (χ2v) is 2.56. The van der Waals surface area contributed by atoms with E-state index in [-0.39, 0.29) is 10.7 Å². The number of nitro benzene ring substituents is 2. The Kier molecular flexibility index (Phi) is 5.25. The average molecular weight is 233 g/mol. The monoisotopic (exact) mass is 232 g/mol. The van der Waals surface area contributed by atoms with Crippen molar-refractivity contribution in [3.05, 3.63) is 43.5 Å². The zero-order valence-electron chi connectivity index (χ0n) is 8.14. The van der Waals surface area contributed by atoms with Gasteiger partial charge in [0.15, 0.2) is 0 Å². The van der Waals surface area contributed by atoms with Crippen LogP contribution in [0.5, 0.6) is 0 Å². The van der Waals surface area contributed by atoms with Crippen LogP contribution in [-0.2, 0) is 0 Å². The van der Waals surface area contributed by atoms with Crippen molar-refractivity contribution in [1.82, 2.24) is 0 Å². The molecule has 1 aromatic rings. The van der Waals surface area contributed by atoms with E-state index in [1.165, 1.54) is 0 Å². The predicted octanol–water partition coefficient (Wildman–Crippen LogP) is 3.18. The van der Waals surface area contributed by atoms with Crippen molar-refractivity contribution in [2.75, 3.05) is 0 Å². The lowest BCUT2D eigenvalue weighted by atomic mass is 10.3. The van der Waals surface area contributed by atoms with Crippen molar-refractivity contribution >= 4 is 23.0 Å². The summed E-state index contributed by atoms with van der Waals surface area (Å²) in [6.07, 6.45) is 0. The van der Waals surface area contributed by atoms with Gasteiger partial charge in [-0.25, -0.2) is 0 Å². The van der Waals surface area contributed by atoms with Gasteiger partial charge in [-0.15, -0.1) is 0 Å². The molecule has 0 N–H and O–H groups in total. The Balaban J connectivity index is 0.000000921. The Morgan fingerprint density at radius 1 is 1.13 bits per heavy atom. The first-order chi connectivity index (χ1) is 7.02. The fourth-order valence-electron chi connectivity index (χ4n) is 0.755. The highest BCUT2D eigenvalue weighted by atomic mass is 35.5. The number of rotatable bonds is 2. The molecule has 1 aromatic carbocycles. The van der Waals surface area contributed by atoms with Crippen LogP contribution in [0.2, 0.25) is 5.02 Å². The van der Waals surface area contributed by atoms with Crippen LogP contribution in [-0.4, -0.2) is 9.85 Å². The van der Waals surface area contributed by atoms with E-state index in [2.05, 4.69) is 0 Å². The first kappa shape index (κ1) is 13.3. The third-order valence-electron chi connectivity index (χ3n) is 1.34. The summed E-state index contributed by atoms with van der Waals surface area (Å²) < 4.78 is 0. The van der Waals surface area contributed by atoms with Crippen LogP contribution in [0.1, 0.15) is 13.8 Å². The van der Waals surface area contributed by atoms with Crippen LogP contribution >= 0.6 is 11.6 Å². The molecule has 0 heterocycles. The van der Waals surface area contributed by atoms with Crippen molar-refractivity contribution in [2.24, 2.45) is 0 Å². The molecule has 7 heteroatoms. The summed E-state index contributed by atoms with van der Waals surface area (Å²) in [5, 5.41) is 20.4. The van der Waals surface area contributed by atoms with E-state index in [1.807, 2.05) is 13.8 Å². The number of hydrogen-bond acceptors (Lipinski definition) is 4. The zero-order chi connectivity index (χ0) is 12.0. The van der Waals surface area contributed by atoms with Gasteiger partial charge in [0.25, 0.3) is 11.4 Å². The molecular formula is C8H9ClN2O4. The summed E-state index contributed by atoms with van der Waals surface area (Å²) in [6.45, 7) is 4.00. The molecule has 6 nitrogen and oxygen atoms in total. The molecule has 0 bridgehead atoms. The molecule has 0 saturated heterocycles. The largest absolute Gasteiger partial charge is 0.294 e. The number of benzene rings is 1. The molecule has 0 fully saturated rings. The van der Waals surface area contributed by atoms with E-state index in [0.717, 1.165) is 18.2 Å². The molecule has 1 rings (SSSR count). The quantitative estimate of drug-likeness (QED) is 0.579. The number of nitrogens with zero attached hydrogens (tertiary/aromatic N) is 2. The van der Waals surface area contributed by atoms with Gasteiger partial charge in [0, 0.05) is 6.07 Å². The van der Waals surface area contributed by atoms with Crippen LogP contribution in [0.25, 0.3) is 0 Å². The summed E-state index contributed by atoms with van der Waals surface area (Å²) in [6, 6.07) is 3.05. The Hall–Kier alpha value is -1.69. The topological polar surface area (TPSA) is 86.3 Å². The van der Waals surface area contributed by atoms with Crippen LogP contribution in [0, 0.1) is 20.2 Å². The summed E-state index contributed by atoms with van der Waals surface area (Å²) in [4.78, 5) is 19.0. The van der Waals surface area contributed by atoms with Gasteiger partial charge in [-0.2, -0.15) is 0 Å². The molecule has 15 heavy (non-hydrogen) atoms. The first-order valence-corrected chi connectivity index (χ1v) is 4.48. The Labute approximate surface area is 90.8 Å². The summed E-state index contributed by atoms with van der Waals surface area (Å²) >= 11 is 5.43. The van der Waals surface area contributed by atoms with Crippen LogP contribution < -0.4 is 0 Å². The number of halogens is 1. The van der Waals surface area contributed by atoms with Crippen LogP contribution in [0.4, 0.5) is 11.4 Å². The Morgan fingerprint density at radius 2 is 1.67 bits per heavy atom. The normalized spacial score (nSPS) is 8.73. The molecule has 0 saturated carbocycles. The van der Waals surface area contributed by atoms with Crippen LogP contribution in [0.15, 0.2) is 18.2 Å². The fraction of sp³-hybridized carbons (Fsp3) is 0.250. The van der Waals surface area contributed by atoms with E-state index in [0.29, 0.717) is 0 Å². The highest BCUT2D eigenvalue weighted by Crippen LogP contribution is 2.28. The number of hydrogen-bond donors (Lipinski definition) is 0. The van der Waals surface area contributed by atoms with E-state index in [9.17, 15) is 20.2 Å². The zero-order valence-corrected chi connectivity index (χ0v) is 8.89. The SMILES string of the molecule is CC.O=[N+]([O-])c1ccc(Cl)c([N+](=O)[O-])c1. The van der Waals surface area contributed by atoms with E-state index in [1.54, 1.807) is 0 Å². The highest BCUT2D eigenvalue weighted by Gasteiger charge is 2.17. The fourth-order valence-corrected chi connectivity index (χ4v) is 0.941. The maximum atomic E-state index is 10.3. The third-order valence-corrected chi connectivity index (χ3v) is 1.66. The third kappa shape index (κ3) is 3.51. The van der Waals surface area contributed by atoms with Crippen molar-refractivity contribution in [2.45, 2.75) is 13.8 Å². The summed E-state index contributed by atoms with van der Waals surface area (Å²) in [5.74, 6) is 0. The lowest BCUT2D eigenvalue weighted by Gasteiger charge is -1.94. The van der Waals surface area contributed by atoms with Crippen molar-refractivity contribution in [1.29, 1.82) is 0 Å². The van der Waals surface area contributed by atoms with E-state index >= 15 is 0 Å². The summed E-state index contributed by atoms with van der Waals surface area (Å²) in [7, 11) is 0. The minimum atomic E-state index is -0.769. The van der Waals surface area contributed by atoms with Gasteiger partial charge in [0.05, 0.1) is 15.9 Å². The molecule has 0 aliphatic heterocycles. The van der Waals surface area contributed by atoms with Gasteiger partial charge < -0.3 is 0 Å². The molecule has 0 aliphatic rings. The van der Waals surface area contributed by atoms with Gasteiger partial charge in [0.1, 0.15) is 5.02 Å². The highest BCUT2D eigenvalue weighted by molar-refractivity contribution is 6.32. The minimum absolute atomic E-state index is 0.115. The molecular weight excluding hydrogens is 224 g/mol. The van der Waals surface area contributed by atoms with E-state index < -0.39 is 15.5 Å². The van der Waals surface area contributed by atoms with Gasteiger partial charge in [0.2, 0.25) is 0 Å². The lowest BCUT2D eigenvalue weighted by molar-refractivity contribution is -0.394. The number of non-ortho nitro benzene ring substituents is 1. The summed E-state index contributed by atoms with van der Waals surface area (Å²) in [5.41, 5.74) is -0.813. The van der Waals surface area contributed by atoms with Crippen LogP contribution in [0.3, 0.4) is 0 Å². The molecule has 0 aliphatic carbocycles. The molecule has 0 radical (unpaired) electrons. The van der Waals surface area contributed by atoms with Crippen molar-refractivity contribution in [3.63, 3.8) is 0 Å².